The summed E-state index contributed by atoms with van der Waals surface area (Å²) in [5.74, 6) is 0. The van der Waals surface area contributed by atoms with E-state index in [0.29, 0.717) is 30.5 Å². The number of fused-ring (bicyclic) bond motifs is 1. The maximum atomic E-state index is 12.2. The molecule has 3 aromatic rings. The van der Waals surface area contributed by atoms with Gasteiger partial charge in [-0.15, -0.1) is 0 Å². The number of amides is 1. The predicted octanol–water partition coefficient (Wildman–Crippen LogP) is 4.57. The van der Waals surface area contributed by atoms with Crippen molar-refractivity contribution >= 4 is 22.7 Å². The van der Waals surface area contributed by atoms with E-state index < -0.39 is 6.09 Å². The first kappa shape index (κ1) is 20.2. The molecule has 0 saturated carbocycles. The summed E-state index contributed by atoms with van der Waals surface area (Å²) in [5.41, 5.74) is 2.89. The highest BCUT2D eigenvalue weighted by atomic mass is 16.5. The lowest BCUT2D eigenvalue weighted by atomic mass is 10.0. The van der Waals surface area contributed by atoms with Crippen LogP contribution in [0.15, 0.2) is 63.8 Å². The van der Waals surface area contributed by atoms with Gasteiger partial charge < -0.3 is 9.15 Å². The fourth-order valence-corrected chi connectivity index (χ4v) is 4.16. The summed E-state index contributed by atoms with van der Waals surface area (Å²) in [6.07, 6.45) is 2.79. The van der Waals surface area contributed by atoms with Gasteiger partial charge in [0, 0.05) is 35.8 Å². The van der Waals surface area contributed by atoms with Gasteiger partial charge in [-0.05, 0) is 56.0 Å². The second kappa shape index (κ2) is 9.13. The molecule has 1 unspecified atom stereocenters. The van der Waals surface area contributed by atoms with Gasteiger partial charge in [-0.2, -0.15) is 0 Å². The van der Waals surface area contributed by atoms with E-state index in [1.54, 1.807) is 25.1 Å². The average Bonchev–Trinajstić information content (AvgIpc) is 3.15. The second-order valence-corrected chi connectivity index (χ2v) is 7.60. The van der Waals surface area contributed by atoms with Crippen molar-refractivity contribution in [2.75, 3.05) is 18.5 Å². The van der Waals surface area contributed by atoms with Crippen molar-refractivity contribution in [1.29, 1.82) is 0 Å². The van der Waals surface area contributed by atoms with Gasteiger partial charge in [0.1, 0.15) is 5.58 Å². The third-order valence-corrected chi connectivity index (χ3v) is 5.54. The zero-order chi connectivity index (χ0) is 20.9. The molecule has 0 bridgehead atoms. The molecule has 1 fully saturated rings. The first-order valence-corrected chi connectivity index (χ1v) is 10.4. The third-order valence-electron chi connectivity index (χ3n) is 5.54. The molecule has 0 aliphatic carbocycles. The van der Waals surface area contributed by atoms with Gasteiger partial charge in [0.15, 0.2) is 0 Å². The molecule has 1 saturated heterocycles. The zero-order valence-electron chi connectivity index (χ0n) is 17.1. The molecule has 156 valence electrons. The van der Waals surface area contributed by atoms with Crippen LogP contribution in [0.2, 0.25) is 0 Å². The van der Waals surface area contributed by atoms with E-state index in [1.807, 2.05) is 12.1 Å². The quantitative estimate of drug-likeness (QED) is 0.607. The summed E-state index contributed by atoms with van der Waals surface area (Å²) in [6, 6.07) is 17.9. The number of carbonyl (C=O) groups excluding carboxylic acids is 1. The molecule has 1 atom stereocenters. The minimum Gasteiger partial charge on any atom is -0.450 e. The van der Waals surface area contributed by atoms with Gasteiger partial charge in [-0.25, -0.2) is 9.59 Å². The summed E-state index contributed by atoms with van der Waals surface area (Å²) in [4.78, 5) is 26.3. The summed E-state index contributed by atoms with van der Waals surface area (Å²) in [7, 11) is 0. The highest BCUT2D eigenvalue weighted by Gasteiger charge is 2.25. The van der Waals surface area contributed by atoms with Crippen molar-refractivity contribution in [3.8, 4) is 0 Å². The maximum absolute atomic E-state index is 12.2. The Balaban J connectivity index is 1.56. The number of rotatable bonds is 6. The van der Waals surface area contributed by atoms with Crippen LogP contribution in [-0.4, -0.2) is 30.2 Å². The Morgan fingerprint density at radius 2 is 2.03 bits per heavy atom. The number of nitrogens with one attached hydrogen (secondary N) is 1. The zero-order valence-corrected chi connectivity index (χ0v) is 17.1. The summed E-state index contributed by atoms with van der Waals surface area (Å²) in [5, 5.41) is 3.53. The van der Waals surface area contributed by atoms with Crippen LogP contribution in [0.5, 0.6) is 0 Å². The molecular weight excluding hydrogens is 380 g/mol. The normalized spacial score (nSPS) is 16.6. The fourth-order valence-electron chi connectivity index (χ4n) is 4.16. The van der Waals surface area contributed by atoms with E-state index in [-0.39, 0.29) is 5.63 Å². The van der Waals surface area contributed by atoms with Gasteiger partial charge >= 0.3 is 11.7 Å². The van der Waals surface area contributed by atoms with Crippen molar-refractivity contribution < 1.29 is 13.9 Å². The molecule has 0 radical (unpaired) electrons. The van der Waals surface area contributed by atoms with Crippen LogP contribution in [-0.2, 0) is 17.7 Å². The van der Waals surface area contributed by atoms with Crippen molar-refractivity contribution in [2.24, 2.45) is 0 Å². The third kappa shape index (κ3) is 4.71. The van der Waals surface area contributed by atoms with E-state index in [2.05, 4.69) is 34.5 Å². The summed E-state index contributed by atoms with van der Waals surface area (Å²) in [6.45, 7) is 3.75. The van der Waals surface area contributed by atoms with Crippen LogP contribution in [0.4, 0.5) is 10.5 Å². The Morgan fingerprint density at radius 1 is 1.20 bits per heavy atom. The Labute approximate surface area is 175 Å². The Morgan fingerprint density at radius 3 is 2.83 bits per heavy atom. The highest BCUT2D eigenvalue weighted by molar-refractivity contribution is 5.89. The lowest BCUT2D eigenvalue weighted by Crippen LogP contribution is -2.31. The van der Waals surface area contributed by atoms with Crippen LogP contribution in [0.25, 0.3) is 11.0 Å². The van der Waals surface area contributed by atoms with Crippen molar-refractivity contribution in [1.82, 2.24) is 4.90 Å². The molecule has 2 heterocycles. The first-order chi connectivity index (χ1) is 14.6. The summed E-state index contributed by atoms with van der Waals surface area (Å²) >= 11 is 0. The SMILES string of the molecule is CCOC(=O)Nc1ccc2c(CN3CCCC3Cc3ccccc3)cc(=O)oc2c1. The van der Waals surface area contributed by atoms with Crippen LogP contribution < -0.4 is 10.9 Å². The highest BCUT2D eigenvalue weighted by Crippen LogP contribution is 2.27. The molecule has 6 nitrogen and oxygen atoms in total. The lowest BCUT2D eigenvalue weighted by molar-refractivity contribution is 0.168. The number of hydrogen-bond acceptors (Lipinski definition) is 5. The molecular formula is C24H26N2O4. The van der Waals surface area contributed by atoms with Crippen molar-refractivity contribution in [2.45, 2.75) is 38.8 Å². The molecule has 0 spiro atoms. The van der Waals surface area contributed by atoms with E-state index in [4.69, 9.17) is 9.15 Å². The van der Waals surface area contributed by atoms with Gasteiger partial charge in [-0.1, -0.05) is 30.3 Å². The average molecular weight is 406 g/mol. The van der Waals surface area contributed by atoms with Crippen LogP contribution in [0.1, 0.15) is 30.9 Å². The van der Waals surface area contributed by atoms with Gasteiger partial charge in [0.05, 0.1) is 6.61 Å². The maximum Gasteiger partial charge on any atom is 0.411 e. The molecule has 1 N–H and O–H groups in total. The Hall–Kier alpha value is -3.12. The molecule has 1 aliphatic heterocycles. The molecule has 4 rings (SSSR count). The number of likely N-dealkylation sites (tertiary alicyclic amines) is 1. The topological polar surface area (TPSA) is 71.8 Å². The number of nitrogens with zero attached hydrogens (tertiary/aromatic N) is 1. The number of ether oxygens (including phenoxy) is 1. The smallest absolute Gasteiger partial charge is 0.411 e. The predicted molar refractivity (Wildman–Crippen MR) is 117 cm³/mol. The first-order valence-electron chi connectivity index (χ1n) is 10.4. The van der Waals surface area contributed by atoms with E-state index >= 15 is 0 Å². The molecule has 1 amide bonds. The molecule has 6 heteroatoms. The number of benzene rings is 2. The lowest BCUT2D eigenvalue weighted by Gasteiger charge is -2.25. The van der Waals surface area contributed by atoms with E-state index in [0.717, 1.165) is 36.8 Å². The van der Waals surface area contributed by atoms with Gasteiger partial charge in [0.2, 0.25) is 0 Å². The molecule has 2 aromatic carbocycles. The second-order valence-electron chi connectivity index (χ2n) is 7.60. The van der Waals surface area contributed by atoms with Crippen molar-refractivity contribution in [3.63, 3.8) is 0 Å². The van der Waals surface area contributed by atoms with Crippen molar-refractivity contribution in [3.05, 3.63) is 76.1 Å². The Bertz CT molecular complexity index is 1080. The summed E-state index contributed by atoms with van der Waals surface area (Å²) < 4.78 is 10.3. The number of hydrogen-bond donors (Lipinski definition) is 1. The van der Waals surface area contributed by atoms with Crippen LogP contribution in [0, 0.1) is 0 Å². The monoisotopic (exact) mass is 406 g/mol. The van der Waals surface area contributed by atoms with Gasteiger partial charge in [0.25, 0.3) is 0 Å². The molecule has 1 aromatic heterocycles. The minimum absolute atomic E-state index is 0.290. The number of carbonyl (C=O) groups is 1. The van der Waals surface area contributed by atoms with Crippen LogP contribution >= 0.6 is 0 Å². The molecule has 30 heavy (non-hydrogen) atoms. The van der Waals surface area contributed by atoms with E-state index in [1.165, 1.54) is 5.56 Å². The minimum atomic E-state index is -0.531. The number of anilines is 1. The fraction of sp³-hybridized carbons (Fsp3) is 0.333. The standard InChI is InChI=1S/C24H26N2O4/c1-2-29-24(28)25-19-10-11-21-18(14-23(27)30-22(21)15-19)16-26-12-6-9-20(26)13-17-7-4-3-5-8-17/h3-5,7-8,10-11,14-15,20H,2,6,9,12-13,16H2,1H3,(H,25,28). The van der Waals surface area contributed by atoms with Gasteiger partial charge in [-0.3, -0.25) is 10.2 Å². The van der Waals surface area contributed by atoms with Crippen LogP contribution in [0.3, 0.4) is 0 Å². The van der Waals surface area contributed by atoms with E-state index in [9.17, 15) is 9.59 Å². The Kier molecular flexibility index (Phi) is 6.14. The molecule has 1 aliphatic rings. The largest absolute Gasteiger partial charge is 0.450 e.